The minimum absolute atomic E-state index is 0.225. The molecule has 1 aromatic heterocycles. The summed E-state index contributed by atoms with van der Waals surface area (Å²) in [4.78, 5) is 15.8. The lowest BCUT2D eigenvalue weighted by Crippen LogP contribution is -2.30. The van der Waals surface area contributed by atoms with Gasteiger partial charge in [0, 0.05) is 17.7 Å². The molecule has 2 aromatic rings. The van der Waals surface area contributed by atoms with E-state index in [0.717, 1.165) is 5.56 Å². The molecule has 6 nitrogen and oxygen atoms in total. The van der Waals surface area contributed by atoms with Crippen molar-refractivity contribution in [3.63, 3.8) is 0 Å². The second-order valence-corrected chi connectivity index (χ2v) is 3.97. The smallest absolute Gasteiger partial charge is 0.251 e. The number of aromatic nitrogens is 3. The maximum absolute atomic E-state index is 11.8. The fourth-order valence-electron chi connectivity index (χ4n) is 1.49. The van der Waals surface area contributed by atoms with Crippen LogP contribution in [0.2, 0.25) is 0 Å². The molecule has 0 saturated heterocycles. The third-order valence-corrected chi connectivity index (χ3v) is 2.37. The van der Waals surface area contributed by atoms with E-state index in [2.05, 4.69) is 20.5 Å². The molecule has 1 heterocycles. The van der Waals surface area contributed by atoms with Crippen molar-refractivity contribution >= 4 is 5.91 Å². The third kappa shape index (κ3) is 2.92. The zero-order valence-electron chi connectivity index (χ0n) is 9.92. The maximum atomic E-state index is 11.8. The van der Waals surface area contributed by atoms with E-state index >= 15 is 0 Å². The zero-order valence-corrected chi connectivity index (χ0v) is 9.92. The molecule has 0 radical (unpaired) electrons. The zero-order chi connectivity index (χ0) is 13.0. The van der Waals surface area contributed by atoms with Gasteiger partial charge in [-0.3, -0.25) is 9.89 Å². The lowest BCUT2D eigenvalue weighted by molar-refractivity contribution is 0.0924. The molecule has 1 atom stereocenters. The van der Waals surface area contributed by atoms with Crippen molar-refractivity contribution in [3.8, 4) is 11.4 Å². The van der Waals surface area contributed by atoms with E-state index in [1.807, 2.05) is 6.07 Å². The highest BCUT2D eigenvalue weighted by Crippen LogP contribution is 2.15. The summed E-state index contributed by atoms with van der Waals surface area (Å²) in [7, 11) is 0. The molecule has 0 aliphatic rings. The molecule has 3 N–H and O–H groups in total. The molecule has 0 fully saturated rings. The van der Waals surface area contributed by atoms with Crippen LogP contribution in [-0.2, 0) is 0 Å². The van der Waals surface area contributed by atoms with Crippen molar-refractivity contribution in [2.45, 2.75) is 13.0 Å². The van der Waals surface area contributed by atoms with Crippen molar-refractivity contribution in [1.29, 1.82) is 0 Å². The first-order valence-corrected chi connectivity index (χ1v) is 5.59. The summed E-state index contributed by atoms with van der Waals surface area (Å²) < 4.78 is 0. The van der Waals surface area contributed by atoms with Crippen molar-refractivity contribution in [1.82, 2.24) is 20.5 Å². The van der Waals surface area contributed by atoms with Crippen molar-refractivity contribution in [2.75, 3.05) is 6.54 Å². The molecular formula is C12H14N4O2. The topological polar surface area (TPSA) is 90.9 Å². The van der Waals surface area contributed by atoms with Gasteiger partial charge in [-0.05, 0) is 19.1 Å². The first kappa shape index (κ1) is 12.3. The second kappa shape index (κ2) is 5.42. The van der Waals surface area contributed by atoms with Crippen LogP contribution in [0.1, 0.15) is 17.3 Å². The van der Waals surface area contributed by atoms with Crippen LogP contribution in [0.3, 0.4) is 0 Å². The fraction of sp³-hybridized carbons (Fsp3) is 0.250. The predicted octanol–water partition coefficient (Wildman–Crippen LogP) is 0.582. The molecule has 18 heavy (non-hydrogen) atoms. The molecule has 6 heteroatoms. The Morgan fingerprint density at radius 3 is 3.06 bits per heavy atom. The van der Waals surface area contributed by atoms with E-state index in [9.17, 15) is 4.79 Å². The van der Waals surface area contributed by atoms with Gasteiger partial charge in [0.2, 0.25) is 0 Å². The van der Waals surface area contributed by atoms with Crippen LogP contribution in [-0.4, -0.2) is 38.8 Å². The minimum Gasteiger partial charge on any atom is -0.392 e. The first-order valence-electron chi connectivity index (χ1n) is 5.59. The van der Waals surface area contributed by atoms with E-state index in [1.165, 1.54) is 6.33 Å². The number of nitrogens with zero attached hydrogens (tertiary/aromatic N) is 2. The SMILES string of the molecule is CC(O)CNC(=O)c1cccc(-c2ncn[nH]2)c1. The Hall–Kier alpha value is -2.21. The van der Waals surface area contributed by atoms with Crippen molar-refractivity contribution in [2.24, 2.45) is 0 Å². The second-order valence-electron chi connectivity index (χ2n) is 3.97. The molecule has 0 aliphatic carbocycles. The average Bonchev–Trinajstić information content (AvgIpc) is 2.90. The number of aliphatic hydroxyl groups excluding tert-OH is 1. The number of aromatic amines is 1. The summed E-state index contributed by atoms with van der Waals surface area (Å²) in [5.41, 5.74) is 1.31. The van der Waals surface area contributed by atoms with Gasteiger partial charge in [0.05, 0.1) is 6.10 Å². The lowest BCUT2D eigenvalue weighted by Gasteiger charge is -2.07. The standard InChI is InChI=1S/C12H14N4O2/c1-8(17)6-13-12(18)10-4-2-3-9(5-10)11-14-7-15-16-11/h2-5,7-8,17H,6H2,1H3,(H,13,18)(H,14,15,16). The van der Waals surface area contributed by atoms with Gasteiger partial charge < -0.3 is 10.4 Å². The van der Waals surface area contributed by atoms with Crippen LogP contribution in [0.4, 0.5) is 0 Å². The molecule has 0 bridgehead atoms. The van der Waals surface area contributed by atoms with Crippen LogP contribution in [0.5, 0.6) is 0 Å². The number of H-pyrrole nitrogens is 1. The van der Waals surface area contributed by atoms with Gasteiger partial charge in [0.15, 0.2) is 5.82 Å². The summed E-state index contributed by atoms with van der Waals surface area (Å²) in [6.45, 7) is 1.84. The molecule has 1 aromatic carbocycles. The Bertz CT molecular complexity index is 523. The number of rotatable bonds is 4. The fourth-order valence-corrected chi connectivity index (χ4v) is 1.49. The highest BCUT2D eigenvalue weighted by molar-refractivity contribution is 5.95. The third-order valence-electron chi connectivity index (χ3n) is 2.37. The highest BCUT2D eigenvalue weighted by atomic mass is 16.3. The summed E-state index contributed by atoms with van der Waals surface area (Å²) in [5, 5.41) is 18.3. The Labute approximate surface area is 104 Å². The summed E-state index contributed by atoms with van der Waals surface area (Å²) in [6, 6.07) is 7.04. The van der Waals surface area contributed by atoms with E-state index in [1.54, 1.807) is 25.1 Å². The van der Waals surface area contributed by atoms with Gasteiger partial charge >= 0.3 is 0 Å². The number of carbonyl (C=O) groups excluding carboxylic acids is 1. The number of nitrogens with one attached hydrogen (secondary N) is 2. The number of aliphatic hydroxyl groups is 1. The Morgan fingerprint density at radius 2 is 2.39 bits per heavy atom. The van der Waals surface area contributed by atoms with Gasteiger partial charge in [-0.2, -0.15) is 5.10 Å². The number of hydrogen-bond donors (Lipinski definition) is 3. The maximum Gasteiger partial charge on any atom is 0.251 e. The van der Waals surface area contributed by atoms with Gasteiger partial charge in [-0.15, -0.1) is 0 Å². The van der Waals surface area contributed by atoms with Crippen LogP contribution >= 0.6 is 0 Å². The monoisotopic (exact) mass is 246 g/mol. The predicted molar refractivity (Wildman–Crippen MR) is 65.8 cm³/mol. The summed E-state index contributed by atoms with van der Waals surface area (Å²) in [5.74, 6) is 0.387. The largest absolute Gasteiger partial charge is 0.392 e. The molecule has 0 spiro atoms. The molecule has 1 unspecified atom stereocenters. The van der Waals surface area contributed by atoms with Crippen LogP contribution in [0.25, 0.3) is 11.4 Å². The van der Waals surface area contributed by atoms with E-state index < -0.39 is 6.10 Å². The number of carbonyl (C=O) groups is 1. The highest BCUT2D eigenvalue weighted by Gasteiger charge is 2.08. The summed E-state index contributed by atoms with van der Waals surface area (Å²) >= 11 is 0. The average molecular weight is 246 g/mol. The van der Waals surface area contributed by atoms with Gasteiger partial charge in [-0.1, -0.05) is 12.1 Å². The first-order chi connectivity index (χ1) is 8.66. The Balaban J connectivity index is 2.15. The Morgan fingerprint density at radius 1 is 1.56 bits per heavy atom. The van der Waals surface area contributed by atoms with E-state index in [4.69, 9.17) is 5.11 Å². The molecule has 0 saturated carbocycles. The molecular weight excluding hydrogens is 232 g/mol. The normalized spacial score (nSPS) is 12.1. The van der Waals surface area contributed by atoms with Crippen molar-refractivity contribution in [3.05, 3.63) is 36.2 Å². The summed E-state index contributed by atoms with van der Waals surface area (Å²) in [6.07, 6.45) is 0.849. The van der Waals surface area contributed by atoms with Gasteiger partial charge in [0.1, 0.15) is 6.33 Å². The van der Waals surface area contributed by atoms with Crippen LogP contribution in [0, 0.1) is 0 Å². The van der Waals surface area contributed by atoms with Gasteiger partial charge in [-0.25, -0.2) is 4.98 Å². The molecule has 0 aliphatic heterocycles. The lowest BCUT2D eigenvalue weighted by atomic mass is 10.1. The van der Waals surface area contributed by atoms with Gasteiger partial charge in [0.25, 0.3) is 5.91 Å². The van der Waals surface area contributed by atoms with Crippen LogP contribution in [0.15, 0.2) is 30.6 Å². The molecule has 94 valence electrons. The molecule has 2 rings (SSSR count). The quantitative estimate of drug-likeness (QED) is 0.736. The van der Waals surface area contributed by atoms with E-state index in [-0.39, 0.29) is 12.5 Å². The molecule has 1 amide bonds. The Kier molecular flexibility index (Phi) is 3.69. The number of hydrogen-bond acceptors (Lipinski definition) is 4. The van der Waals surface area contributed by atoms with E-state index in [0.29, 0.717) is 11.4 Å². The van der Waals surface area contributed by atoms with Crippen molar-refractivity contribution < 1.29 is 9.90 Å². The minimum atomic E-state index is -0.564. The number of amides is 1. The number of benzene rings is 1. The van der Waals surface area contributed by atoms with Crippen LogP contribution < -0.4 is 5.32 Å².